The number of hydrogen-bond acceptors (Lipinski definition) is 6. The van der Waals surface area contributed by atoms with E-state index in [4.69, 9.17) is 9.47 Å². The van der Waals surface area contributed by atoms with Gasteiger partial charge < -0.3 is 25.0 Å². The van der Waals surface area contributed by atoms with E-state index in [1.807, 2.05) is 32.0 Å². The first-order valence-corrected chi connectivity index (χ1v) is 13.1. The van der Waals surface area contributed by atoms with Gasteiger partial charge in [0, 0.05) is 41.4 Å². The van der Waals surface area contributed by atoms with Gasteiger partial charge in [0.25, 0.3) is 11.8 Å². The van der Waals surface area contributed by atoms with E-state index >= 15 is 0 Å². The molecular formula is C31H30N4O5. The van der Waals surface area contributed by atoms with Crippen LogP contribution in [0.25, 0.3) is 10.9 Å². The Hall–Kier alpha value is -4.92. The predicted molar refractivity (Wildman–Crippen MR) is 153 cm³/mol. The highest BCUT2D eigenvalue weighted by atomic mass is 16.6. The van der Waals surface area contributed by atoms with Crippen molar-refractivity contribution < 1.29 is 23.9 Å². The number of ether oxygens (including phenoxy) is 2. The standard InChI is InChI=1S/C31H30N4O5/c1-4-29(36)35(3)18-24-10-6-20-15-21(7-11-25(20)32-24)31(38)34-26-17-23(9-5-19(26)2)33-30(37)22-8-12-27-28(16-22)40-14-13-39-27/h5-12,15-17H,4,13-14,18H2,1-3H3,(H,33,37)(H,34,38). The lowest BCUT2D eigenvalue weighted by molar-refractivity contribution is -0.130. The van der Waals surface area contributed by atoms with Gasteiger partial charge in [-0.2, -0.15) is 0 Å². The molecule has 40 heavy (non-hydrogen) atoms. The van der Waals surface area contributed by atoms with Crippen LogP contribution in [0.5, 0.6) is 11.5 Å². The van der Waals surface area contributed by atoms with Gasteiger partial charge in [0.15, 0.2) is 11.5 Å². The smallest absolute Gasteiger partial charge is 0.255 e. The molecule has 2 N–H and O–H groups in total. The molecule has 1 aromatic heterocycles. The average Bonchev–Trinajstić information content (AvgIpc) is 2.97. The highest BCUT2D eigenvalue weighted by Crippen LogP contribution is 2.31. The fourth-order valence-corrected chi connectivity index (χ4v) is 4.41. The molecule has 0 fully saturated rings. The highest BCUT2D eigenvalue weighted by Gasteiger charge is 2.16. The van der Waals surface area contributed by atoms with Crippen molar-refractivity contribution in [2.45, 2.75) is 26.8 Å². The summed E-state index contributed by atoms with van der Waals surface area (Å²) >= 11 is 0. The molecule has 0 atom stereocenters. The van der Waals surface area contributed by atoms with Gasteiger partial charge in [0.05, 0.1) is 17.8 Å². The molecule has 204 valence electrons. The quantitative estimate of drug-likeness (QED) is 0.335. The maximum Gasteiger partial charge on any atom is 0.255 e. The van der Waals surface area contributed by atoms with Crippen molar-refractivity contribution >= 4 is 40.0 Å². The molecule has 0 unspecified atom stereocenters. The van der Waals surface area contributed by atoms with Gasteiger partial charge in [-0.1, -0.05) is 19.1 Å². The first-order valence-electron chi connectivity index (χ1n) is 13.1. The van der Waals surface area contributed by atoms with Crippen LogP contribution in [0.1, 0.15) is 45.3 Å². The zero-order chi connectivity index (χ0) is 28.2. The molecule has 9 nitrogen and oxygen atoms in total. The number of rotatable bonds is 7. The van der Waals surface area contributed by atoms with Crippen LogP contribution in [0.3, 0.4) is 0 Å². The lowest BCUT2D eigenvalue weighted by atomic mass is 10.1. The first kappa shape index (κ1) is 26.7. The molecule has 0 saturated heterocycles. The Morgan fingerprint density at radius 2 is 1.57 bits per heavy atom. The van der Waals surface area contributed by atoms with Crippen LogP contribution < -0.4 is 20.1 Å². The summed E-state index contributed by atoms with van der Waals surface area (Å²) in [7, 11) is 1.76. The Bertz CT molecular complexity index is 1620. The first-order chi connectivity index (χ1) is 19.3. The number of anilines is 2. The summed E-state index contributed by atoms with van der Waals surface area (Å²) < 4.78 is 11.1. The SMILES string of the molecule is CCC(=O)N(C)Cc1ccc2cc(C(=O)Nc3cc(NC(=O)c4ccc5c(c4)OCCO5)ccc3C)ccc2n1. The zero-order valence-corrected chi connectivity index (χ0v) is 22.6. The molecule has 0 bridgehead atoms. The third kappa shape index (κ3) is 5.88. The maximum atomic E-state index is 13.1. The number of aryl methyl sites for hydroxylation is 1. The molecule has 0 aliphatic carbocycles. The fourth-order valence-electron chi connectivity index (χ4n) is 4.41. The van der Waals surface area contributed by atoms with E-state index in [-0.39, 0.29) is 17.7 Å². The summed E-state index contributed by atoms with van der Waals surface area (Å²) in [5, 5.41) is 6.65. The number of pyridine rings is 1. The summed E-state index contributed by atoms with van der Waals surface area (Å²) in [5.74, 6) is 0.624. The van der Waals surface area contributed by atoms with Gasteiger partial charge in [0.2, 0.25) is 5.91 Å². The summed E-state index contributed by atoms with van der Waals surface area (Å²) in [4.78, 5) is 44.2. The van der Waals surface area contributed by atoms with Crippen LogP contribution in [-0.2, 0) is 11.3 Å². The maximum absolute atomic E-state index is 13.1. The molecule has 2 heterocycles. The van der Waals surface area contributed by atoms with Crippen molar-refractivity contribution in [1.29, 1.82) is 0 Å². The van der Waals surface area contributed by atoms with Crippen molar-refractivity contribution in [3.63, 3.8) is 0 Å². The molecule has 1 aliphatic rings. The van der Waals surface area contributed by atoms with Crippen molar-refractivity contribution in [3.8, 4) is 11.5 Å². The molecule has 3 aromatic carbocycles. The average molecular weight is 539 g/mol. The molecule has 0 saturated carbocycles. The van der Waals surface area contributed by atoms with E-state index in [9.17, 15) is 14.4 Å². The van der Waals surface area contributed by atoms with Crippen LogP contribution in [0.2, 0.25) is 0 Å². The molecule has 0 spiro atoms. The van der Waals surface area contributed by atoms with E-state index in [1.165, 1.54) is 0 Å². The minimum absolute atomic E-state index is 0.0520. The number of nitrogens with zero attached hydrogens (tertiary/aromatic N) is 2. The third-order valence-corrected chi connectivity index (χ3v) is 6.68. The van der Waals surface area contributed by atoms with Crippen LogP contribution in [0.15, 0.2) is 66.7 Å². The Morgan fingerprint density at radius 3 is 2.38 bits per heavy atom. The number of amides is 3. The summed E-state index contributed by atoms with van der Waals surface area (Å²) in [6, 6.07) is 19.5. The second-order valence-electron chi connectivity index (χ2n) is 9.61. The van der Waals surface area contributed by atoms with Crippen molar-refractivity contribution in [1.82, 2.24) is 9.88 Å². The van der Waals surface area contributed by atoms with Gasteiger partial charge in [-0.05, 0) is 67.1 Å². The largest absolute Gasteiger partial charge is 0.486 e. The number of carbonyl (C=O) groups is 3. The zero-order valence-electron chi connectivity index (χ0n) is 22.6. The van der Waals surface area contributed by atoms with E-state index < -0.39 is 0 Å². The molecule has 1 aliphatic heterocycles. The molecule has 3 amide bonds. The topological polar surface area (TPSA) is 110 Å². The molecule has 4 aromatic rings. The van der Waals surface area contributed by atoms with Crippen LogP contribution >= 0.6 is 0 Å². The Kier molecular flexibility index (Phi) is 7.63. The number of benzene rings is 3. The van der Waals surface area contributed by atoms with Gasteiger partial charge in [-0.15, -0.1) is 0 Å². The summed E-state index contributed by atoms with van der Waals surface area (Å²) in [6.45, 7) is 5.05. The van der Waals surface area contributed by atoms with E-state index in [1.54, 1.807) is 60.5 Å². The number of fused-ring (bicyclic) bond motifs is 2. The lowest BCUT2D eigenvalue weighted by Crippen LogP contribution is -2.25. The molecule has 0 radical (unpaired) electrons. The monoisotopic (exact) mass is 538 g/mol. The van der Waals surface area contributed by atoms with Crippen LogP contribution in [-0.4, -0.2) is 47.9 Å². The Morgan fingerprint density at radius 1 is 0.850 bits per heavy atom. The number of carbonyl (C=O) groups excluding carboxylic acids is 3. The van der Waals surface area contributed by atoms with Gasteiger partial charge in [0.1, 0.15) is 13.2 Å². The summed E-state index contributed by atoms with van der Waals surface area (Å²) in [6.07, 6.45) is 0.442. The Balaban J connectivity index is 1.28. The second-order valence-corrected chi connectivity index (χ2v) is 9.61. The number of aromatic nitrogens is 1. The van der Waals surface area contributed by atoms with E-state index in [0.717, 1.165) is 22.2 Å². The van der Waals surface area contributed by atoms with Gasteiger partial charge in [-0.25, -0.2) is 0 Å². The third-order valence-electron chi connectivity index (χ3n) is 6.68. The lowest BCUT2D eigenvalue weighted by Gasteiger charge is -2.18. The van der Waals surface area contributed by atoms with Crippen LogP contribution in [0, 0.1) is 6.92 Å². The molecule has 5 rings (SSSR count). The second kappa shape index (κ2) is 11.4. The number of hydrogen-bond donors (Lipinski definition) is 2. The minimum Gasteiger partial charge on any atom is -0.486 e. The van der Waals surface area contributed by atoms with Crippen molar-refractivity contribution in [2.75, 3.05) is 30.9 Å². The van der Waals surface area contributed by atoms with Crippen LogP contribution in [0.4, 0.5) is 11.4 Å². The van der Waals surface area contributed by atoms with Crippen molar-refractivity contribution in [2.24, 2.45) is 0 Å². The predicted octanol–water partition coefficient (Wildman–Crippen LogP) is 5.19. The molecular weight excluding hydrogens is 508 g/mol. The molecule has 9 heteroatoms. The van der Waals surface area contributed by atoms with Crippen molar-refractivity contribution in [3.05, 3.63) is 89.1 Å². The van der Waals surface area contributed by atoms with E-state index in [2.05, 4.69) is 15.6 Å². The fraction of sp³-hybridized carbons (Fsp3) is 0.226. The van der Waals surface area contributed by atoms with Gasteiger partial charge >= 0.3 is 0 Å². The minimum atomic E-state index is -0.301. The summed E-state index contributed by atoms with van der Waals surface area (Å²) in [5.41, 5.74) is 4.41. The Labute approximate surface area is 232 Å². The normalized spacial score (nSPS) is 12.1. The van der Waals surface area contributed by atoms with Gasteiger partial charge in [-0.3, -0.25) is 19.4 Å². The number of nitrogens with one attached hydrogen (secondary N) is 2. The van der Waals surface area contributed by atoms with E-state index in [0.29, 0.717) is 60.2 Å². The highest BCUT2D eigenvalue weighted by molar-refractivity contribution is 6.08.